The molecule has 21 heavy (non-hydrogen) atoms. The first-order chi connectivity index (χ1) is 10.2. The molecular formula is C17H28N2O2. The summed E-state index contributed by atoms with van der Waals surface area (Å²) in [6.07, 6.45) is 1.87. The van der Waals surface area contributed by atoms with Crippen LogP contribution in [0.4, 0.5) is 0 Å². The zero-order chi connectivity index (χ0) is 14.9. The molecule has 4 nitrogen and oxygen atoms in total. The normalized spacial score (nSPS) is 19.3. The van der Waals surface area contributed by atoms with Gasteiger partial charge in [0.15, 0.2) is 0 Å². The predicted molar refractivity (Wildman–Crippen MR) is 85.5 cm³/mol. The molecule has 1 fully saturated rings. The molecule has 1 aliphatic heterocycles. The van der Waals surface area contributed by atoms with Crippen LogP contribution in [0.15, 0.2) is 30.3 Å². The van der Waals surface area contributed by atoms with Crippen molar-refractivity contribution in [3.8, 4) is 0 Å². The fourth-order valence-electron chi connectivity index (χ4n) is 2.61. The summed E-state index contributed by atoms with van der Waals surface area (Å²) in [5.74, 6) is 0. The van der Waals surface area contributed by atoms with E-state index in [2.05, 4.69) is 41.4 Å². The molecule has 1 heterocycles. The van der Waals surface area contributed by atoms with Gasteiger partial charge in [-0.2, -0.15) is 0 Å². The van der Waals surface area contributed by atoms with E-state index in [-0.39, 0.29) is 6.10 Å². The lowest BCUT2D eigenvalue weighted by molar-refractivity contribution is 0.0145. The summed E-state index contributed by atoms with van der Waals surface area (Å²) >= 11 is 0. The van der Waals surface area contributed by atoms with Crippen LogP contribution in [-0.4, -0.2) is 61.5 Å². The van der Waals surface area contributed by atoms with Crippen molar-refractivity contribution in [2.45, 2.75) is 31.9 Å². The molecule has 2 atom stereocenters. The van der Waals surface area contributed by atoms with Gasteiger partial charge in [0.2, 0.25) is 0 Å². The van der Waals surface area contributed by atoms with E-state index >= 15 is 0 Å². The number of ether oxygens (including phenoxy) is 1. The molecule has 0 aromatic heterocycles. The molecule has 1 saturated heterocycles. The Morgan fingerprint density at radius 2 is 1.95 bits per heavy atom. The van der Waals surface area contributed by atoms with Gasteiger partial charge in [-0.05, 0) is 25.3 Å². The first kappa shape index (κ1) is 16.4. The van der Waals surface area contributed by atoms with Crippen LogP contribution in [0.25, 0.3) is 0 Å². The topological polar surface area (TPSA) is 44.7 Å². The highest BCUT2D eigenvalue weighted by molar-refractivity contribution is 5.14. The summed E-state index contributed by atoms with van der Waals surface area (Å²) in [6, 6.07) is 11.0. The average molecular weight is 292 g/mol. The molecule has 2 N–H and O–H groups in total. The van der Waals surface area contributed by atoms with Crippen LogP contribution < -0.4 is 5.32 Å². The predicted octanol–water partition coefficient (Wildman–Crippen LogP) is 1.29. The Kier molecular flexibility index (Phi) is 7.16. The Morgan fingerprint density at radius 1 is 1.24 bits per heavy atom. The SMILES string of the molecule is CC(CCc1ccccc1)NCC(O)CN1CCOCC1. The molecule has 0 spiro atoms. The number of hydrogen-bond acceptors (Lipinski definition) is 4. The molecule has 0 saturated carbocycles. The number of hydrogen-bond donors (Lipinski definition) is 2. The lowest BCUT2D eigenvalue weighted by Gasteiger charge is -2.29. The van der Waals surface area contributed by atoms with Gasteiger partial charge < -0.3 is 15.2 Å². The van der Waals surface area contributed by atoms with E-state index in [0.717, 1.165) is 45.7 Å². The third-order valence-corrected chi connectivity index (χ3v) is 3.98. The van der Waals surface area contributed by atoms with E-state index in [4.69, 9.17) is 4.74 Å². The number of nitrogens with zero attached hydrogens (tertiary/aromatic N) is 1. The maximum atomic E-state index is 10.1. The van der Waals surface area contributed by atoms with Gasteiger partial charge in [-0.15, -0.1) is 0 Å². The smallest absolute Gasteiger partial charge is 0.0791 e. The van der Waals surface area contributed by atoms with E-state index in [1.165, 1.54) is 5.56 Å². The van der Waals surface area contributed by atoms with Crippen molar-refractivity contribution in [2.75, 3.05) is 39.4 Å². The highest BCUT2D eigenvalue weighted by Gasteiger charge is 2.15. The summed E-state index contributed by atoms with van der Waals surface area (Å²) in [5, 5.41) is 13.5. The number of nitrogens with one attached hydrogen (secondary N) is 1. The van der Waals surface area contributed by atoms with Crippen molar-refractivity contribution in [1.82, 2.24) is 10.2 Å². The van der Waals surface area contributed by atoms with Gasteiger partial charge in [-0.25, -0.2) is 0 Å². The average Bonchev–Trinajstić information content (AvgIpc) is 2.53. The largest absolute Gasteiger partial charge is 0.390 e. The molecule has 2 unspecified atom stereocenters. The highest BCUT2D eigenvalue weighted by Crippen LogP contribution is 2.05. The summed E-state index contributed by atoms with van der Waals surface area (Å²) in [4.78, 5) is 2.27. The second kappa shape index (κ2) is 9.15. The van der Waals surface area contributed by atoms with Crippen LogP contribution in [0.2, 0.25) is 0 Å². The zero-order valence-corrected chi connectivity index (χ0v) is 13.0. The standard InChI is InChI=1S/C17H28N2O2/c1-15(7-8-16-5-3-2-4-6-16)18-13-17(20)14-19-9-11-21-12-10-19/h2-6,15,17-18,20H,7-14H2,1H3. The Bertz CT molecular complexity index is 380. The van der Waals surface area contributed by atoms with Crippen LogP contribution in [0.1, 0.15) is 18.9 Å². The molecule has 1 aromatic rings. The molecule has 4 heteroatoms. The number of benzene rings is 1. The number of aryl methyl sites for hydroxylation is 1. The first-order valence-electron chi connectivity index (χ1n) is 7.99. The lowest BCUT2D eigenvalue weighted by atomic mass is 10.1. The molecule has 1 aliphatic rings. The fraction of sp³-hybridized carbons (Fsp3) is 0.647. The molecule has 0 amide bonds. The van der Waals surface area contributed by atoms with Crippen LogP contribution in [-0.2, 0) is 11.2 Å². The summed E-state index contributed by atoms with van der Waals surface area (Å²) < 4.78 is 5.31. The van der Waals surface area contributed by atoms with Gasteiger partial charge >= 0.3 is 0 Å². The van der Waals surface area contributed by atoms with Gasteiger partial charge in [0.05, 0.1) is 19.3 Å². The number of morpholine rings is 1. The summed E-state index contributed by atoms with van der Waals surface area (Å²) in [5.41, 5.74) is 1.38. The quantitative estimate of drug-likeness (QED) is 0.758. The van der Waals surface area contributed by atoms with Crippen molar-refractivity contribution in [3.05, 3.63) is 35.9 Å². The number of β-amino-alcohol motifs (C(OH)–C–C–N with tert-alkyl or cyclic N) is 1. The minimum Gasteiger partial charge on any atom is -0.390 e. The van der Waals surface area contributed by atoms with Gasteiger partial charge in [-0.1, -0.05) is 30.3 Å². The monoisotopic (exact) mass is 292 g/mol. The minimum atomic E-state index is -0.303. The van der Waals surface area contributed by atoms with Gasteiger partial charge in [0, 0.05) is 32.2 Å². The Labute approximate surface area is 128 Å². The van der Waals surface area contributed by atoms with Crippen LogP contribution in [0, 0.1) is 0 Å². The minimum absolute atomic E-state index is 0.303. The van der Waals surface area contributed by atoms with E-state index in [9.17, 15) is 5.11 Å². The van der Waals surface area contributed by atoms with Crippen molar-refractivity contribution in [2.24, 2.45) is 0 Å². The number of aliphatic hydroxyl groups excluding tert-OH is 1. The summed E-state index contributed by atoms with van der Waals surface area (Å²) in [7, 11) is 0. The Morgan fingerprint density at radius 3 is 2.67 bits per heavy atom. The van der Waals surface area contributed by atoms with Crippen molar-refractivity contribution in [3.63, 3.8) is 0 Å². The summed E-state index contributed by atoms with van der Waals surface area (Å²) in [6.45, 7) is 7.02. The first-order valence-corrected chi connectivity index (χ1v) is 7.99. The second-order valence-electron chi connectivity index (χ2n) is 5.90. The number of aliphatic hydroxyl groups is 1. The molecule has 118 valence electrons. The van der Waals surface area contributed by atoms with E-state index < -0.39 is 0 Å². The lowest BCUT2D eigenvalue weighted by Crippen LogP contribution is -2.45. The van der Waals surface area contributed by atoms with Crippen molar-refractivity contribution >= 4 is 0 Å². The van der Waals surface area contributed by atoms with E-state index in [0.29, 0.717) is 12.6 Å². The van der Waals surface area contributed by atoms with E-state index in [1.807, 2.05) is 6.07 Å². The molecular weight excluding hydrogens is 264 g/mol. The second-order valence-corrected chi connectivity index (χ2v) is 5.90. The van der Waals surface area contributed by atoms with Crippen LogP contribution >= 0.6 is 0 Å². The maximum absolute atomic E-state index is 10.1. The van der Waals surface area contributed by atoms with Crippen LogP contribution in [0.5, 0.6) is 0 Å². The third-order valence-electron chi connectivity index (χ3n) is 3.98. The van der Waals surface area contributed by atoms with Crippen molar-refractivity contribution in [1.29, 1.82) is 0 Å². The van der Waals surface area contributed by atoms with Crippen molar-refractivity contribution < 1.29 is 9.84 Å². The molecule has 2 rings (SSSR count). The maximum Gasteiger partial charge on any atom is 0.0791 e. The van der Waals surface area contributed by atoms with Gasteiger partial charge in [-0.3, -0.25) is 4.90 Å². The highest BCUT2D eigenvalue weighted by atomic mass is 16.5. The Balaban J connectivity index is 1.58. The number of rotatable bonds is 8. The van der Waals surface area contributed by atoms with Gasteiger partial charge in [0.25, 0.3) is 0 Å². The molecule has 1 aromatic carbocycles. The van der Waals surface area contributed by atoms with Crippen LogP contribution in [0.3, 0.4) is 0 Å². The fourth-order valence-corrected chi connectivity index (χ4v) is 2.61. The molecule has 0 bridgehead atoms. The van der Waals surface area contributed by atoms with E-state index in [1.54, 1.807) is 0 Å². The molecule has 0 aliphatic carbocycles. The zero-order valence-electron chi connectivity index (χ0n) is 13.0. The molecule has 0 radical (unpaired) electrons. The third kappa shape index (κ3) is 6.57. The van der Waals surface area contributed by atoms with Gasteiger partial charge in [0.1, 0.15) is 0 Å². The Hall–Kier alpha value is -0.940.